The van der Waals surface area contributed by atoms with Crippen molar-refractivity contribution in [1.29, 1.82) is 5.26 Å². The quantitative estimate of drug-likeness (QED) is 0.328. The van der Waals surface area contributed by atoms with Crippen molar-refractivity contribution in [3.8, 4) is 6.07 Å². The summed E-state index contributed by atoms with van der Waals surface area (Å²) in [6.07, 6.45) is 6.59. The van der Waals surface area contributed by atoms with Gasteiger partial charge >= 0.3 is 0 Å². The molecule has 5 rings (SSSR count). The molecule has 1 aliphatic heterocycles. The molecule has 0 atom stereocenters. The van der Waals surface area contributed by atoms with Gasteiger partial charge in [-0.15, -0.1) is 0 Å². The topological polar surface area (TPSA) is 123 Å². The first kappa shape index (κ1) is 26.0. The van der Waals surface area contributed by atoms with E-state index in [2.05, 4.69) is 21.7 Å². The molecule has 4 aromatic rings. The van der Waals surface area contributed by atoms with E-state index < -0.39 is 10.0 Å². The summed E-state index contributed by atoms with van der Waals surface area (Å²) in [6.45, 7) is 0.890. The summed E-state index contributed by atoms with van der Waals surface area (Å²) in [5.74, 6) is -0.297. The molecule has 1 aliphatic rings. The molecule has 0 bridgehead atoms. The molecule has 1 amide bonds. The van der Waals surface area contributed by atoms with Crippen molar-refractivity contribution in [1.82, 2.24) is 14.3 Å². The molecular formula is C28H27N7O3S. The van der Waals surface area contributed by atoms with E-state index in [1.807, 2.05) is 47.9 Å². The number of rotatable bonds is 8. The summed E-state index contributed by atoms with van der Waals surface area (Å²) in [5, 5.41) is 15.6. The molecule has 0 saturated carbocycles. The summed E-state index contributed by atoms with van der Waals surface area (Å²) >= 11 is 0. The van der Waals surface area contributed by atoms with Crippen LogP contribution in [0.5, 0.6) is 0 Å². The highest BCUT2D eigenvalue weighted by Crippen LogP contribution is 2.38. The minimum atomic E-state index is -3.48. The Kier molecular flexibility index (Phi) is 6.82. The van der Waals surface area contributed by atoms with Crippen LogP contribution in [0.1, 0.15) is 16.7 Å². The first-order chi connectivity index (χ1) is 18.6. The number of fused-ring (bicyclic) bond motifs is 2. The number of aromatic nitrogens is 2. The predicted molar refractivity (Wildman–Crippen MR) is 153 cm³/mol. The van der Waals surface area contributed by atoms with Crippen molar-refractivity contribution in [3.05, 3.63) is 89.9 Å². The number of sulfonamides is 1. The molecule has 0 unspecified atom stereocenters. The first-order valence-electron chi connectivity index (χ1n) is 12.2. The van der Waals surface area contributed by atoms with Gasteiger partial charge in [-0.05, 0) is 62.6 Å². The second-order valence-electron chi connectivity index (χ2n) is 9.49. The molecule has 0 radical (unpaired) electrons. The van der Waals surface area contributed by atoms with Crippen LogP contribution < -0.4 is 14.9 Å². The summed E-state index contributed by atoms with van der Waals surface area (Å²) in [4.78, 5) is 19.5. The van der Waals surface area contributed by atoms with E-state index in [0.717, 1.165) is 5.56 Å². The number of benzene rings is 2. The SMILES string of the molecule is CN(C)CCN(c1ccc(NC(=C2C(=O)Nc3cc(C#N)ccc32)c2ccn3ccnc3c2)cc1)S(C)(=O)=O. The lowest BCUT2D eigenvalue weighted by Crippen LogP contribution is -2.35. The molecule has 2 aromatic carbocycles. The minimum Gasteiger partial charge on any atom is -0.354 e. The van der Waals surface area contributed by atoms with Crippen LogP contribution in [-0.4, -0.2) is 62.1 Å². The van der Waals surface area contributed by atoms with Gasteiger partial charge in [-0.1, -0.05) is 6.07 Å². The number of carbonyl (C=O) groups excluding carboxylic acids is 1. The van der Waals surface area contributed by atoms with E-state index >= 15 is 0 Å². The maximum Gasteiger partial charge on any atom is 0.258 e. The lowest BCUT2D eigenvalue weighted by Gasteiger charge is -2.24. The number of anilines is 3. The van der Waals surface area contributed by atoms with E-state index in [0.29, 0.717) is 58.2 Å². The van der Waals surface area contributed by atoms with Gasteiger partial charge in [-0.25, -0.2) is 13.4 Å². The fourth-order valence-electron chi connectivity index (χ4n) is 4.47. The Balaban J connectivity index is 1.57. The van der Waals surface area contributed by atoms with E-state index in [-0.39, 0.29) is 5.91 Å². The third kappa shape index (κ3) is 5.34. The van der Waals surface area contributed by atoms with Crippen LogP contribution in [0.15, 0.2) is 73.2 Å². The van der Waals surface area contributed by atoms with Gasteiger partial charge in [0, 0.05) is 48.5 Å². The van der Waals surface area contributed by atoms with Gasteiger partial charge in [0.1, 0.15) is 5.65 Å². The van der Waals surface area contributed by atoms with Crippen molar-refractivity contribution in [2.75, 3.05) is 48.4 Å². The number of pyridine rings is 1. The van der Waals surface area contributed by atoms with Crippen LogP contribution in [-0.2, 0) is 14.8 Å². The van der Waals surface area contributed by atoms with Gasteiger partial charge in [0.25, 0.3) is 5.91 Å². The number of nitriles is 1. The number of carbonyl (C=O) groups is 1. The average molecular weight is 542 g/mol. The maximum absolute atomic E-state index is 13.2. The fraction of sp³-hybridized carbons (Fsp3) is 0.179. The first-order valence-corrected chi connectivity index (χ1v) is 14.0. The van der Waals surface area contributed by atoms with E-state index in [4.69, 9.17) is 0 Å². The second-order valence-corrected chi connectivity index (χ2v) is 11.4. The van der Waals surface area contributed by atoms with Crippen LogP contribution in [0.4, 0.5) is 17.1 Å². The number of nitrogens with zero attached hydrogens (tertiary/aromatic N) is 5. The molecule has 2 N–H and O–H groups in total. The Morgan fingerprint density at radius 3 is 2.54 bits per heavy atom. The van der Waals surface area contributed by atoms with E-state index in [9.17, 15) is 18.5 Å². The highest BCUT2D eigenvalue weighted by atomic mass is 32.2. The smallest absolute Gasteiger partial charge is 0.258 e. The van der Waals surface area contributed by atoms with Crippen LogP contribution in [0.3, 0.4) is 0 Å². The Morgan fingerprint density at radius 2 is 1.85 bits per heavy atom. The van der Waals surface area contributed by atoms with E-state index in [1.54, 1.807) is 48.7 Å². The van der Waals surface area contributed by atoms with Gasteiger partial charge in [-0.3, -0.25) is 9.10 Å². The monoisotopic (exact) mass is 541 g/mol. The highest BCUT2D eigenvalue weighted by molar-refractivity contribution is 7.92. The molecule has 198 valence electrons. The molecule has 10 nitrogen and oxygen atoms in total. The number of nitrogens with one attached hydrogen (secondary N) is 2. The largest absolute Gasteiger partial charge is 0.354 e. The molecular weight excluding hydrogens is 514 g/mol. The molecule has 0 fully saturated rings. The van der Waals surface area contributed by atoms with Crippen LogP contribution in [0.2, 0.25) is 0 Å². The molecule has 11 heteroatoms. The Labute approximate surface area is 226 Å². The Morgan fingerprint density at radius 1 is 1.08 bits per heavy atom. The zero-order valence-electron chi connectivity index (χ0n) is 21.7. The zero-order valence-corrected chi connectivity index (χ0v) is 22.5. The summed E-state index contributed by atoms with van der Waals surface area (Å²) in [6, 6.07) is 18.0. The third-order valence-electron chi connectivity index (χ3n) is 6.41. The van der Waals surface area contributed by atoms with Crippen molar-refractivity contribution in [2.24, 2.45) is 0 Å². The number of hydrogen-bond donors (Lipinski definition) is 2. The average Bonchev–Trinajstić information content (AvgIpc) is 3.49. The number of likely N-dealkylation sites (N-methyl/N-ethyl adjacent to an activating group) is 1. The molecule has 0 aliphatic carbocycles. The Hall–Kier alpha value is -4.66. The molecule has 3 heterocycles. The molecule has 39 heavy (non-hydrogen) atoms. The van der Waals surface area contributed by atoms with E-state index in [1.165, 1.54) is 10.6 Å². The van der Waals surface area contributed by atoms with Gasteiger partial charge in [0.2, 0.25) is 10.0 Å². The summed E-state index contributed by atoms with van der Waals surface area (Å²) in [5.41, 5.74) is 5.34. The predicted octanol–water partition coefficient (Wildman–Crippen LogP) is 3.47. The standard InChI is InChI=1S/C28H27N7O3S/c1-33(2)14-15-35(39(3,37)38)22-7-5-21(6-8-22)31-27(20-10-12-34-13-11-30-25(34)17-20)26-23-9-4-19(18-29)16-24(23)32-28(26)36/h4-13,16-17,31H,14-15H2,1-3H3,(H,32,36). The van der Waals surface area contributed by atoms with Gasteiger partial charge < -0.3 is 19.9 Å². The number of imidazole rings is 1. The van der Waals surface area contributed by atoms with Crippen molar-refractivity contribution >= 4 is 49.9 Å². The van der Waals surface area contributed by atoms with Crippen molar-refractivity contribution < 1.29 is 13.2 Å². The third-order valence-corrected chi connectivity index (χ3v) is 7.60. The minimum absolute atomic E-state index is 0.297. The van der Waals surface area contributed by atoms with Gasteiger partial charge in [0.15, 0.2) is 0 Å². The second kappa shape index (κ2) is 10.2. The van der Waals surface area contributed by atoms with Crippen LogP contribution in [0, 0.1) is 11.3 Å². The highest BCUT2D eigenvalue weighted by Gasteiger charge is 2.29. The fourth-order valence-corrected chi connectivity index (χ4v) is 5.39. The molecule has 0 spiro atoms. The van der Waals surface area contributed by atoms with Crippen molar-refractivity contribution in [2.45, 2.75) is 0 Å². The molecule has 2 aromatic heterocycles. The maximum atomic E-state index is 13.2. The number of amides is 1. The normalized spacial score (nSPS) is 14.2. The Bertz CT molecular complexity index is 1750. The lowest BCUT2D eigenvalue weighted by atomic mass is 9.99. The number of hydrogen-bond acceptors (Lipinski definition) is 7. The molecule has 0 saturated heterocycles. The van der Waals surface area contributed by atoms with Crippen LogP contribution in [0.25, 0.3) is 16.9 Å². The summed E-state index contributed by atoms with van der Waals surface area (Å²) in [7, 11) is 0.306. The lowest BCUT2D eigenvalue weighted by molar-refractivity contribution is -0.110. The summed E-state index contributed by atoms with van der Waals surface area (Å²) < 4.78 is 28.2. The zero-order chi connectivity index (χ0) is 27.7. The van der Waals surface area contributed by atoms with Crippen LogP contribution >= 0.6 is 0 Å². The van der Waals surface area contributed by atoms with Crippen molar-refractivity contribution in [3.63, 3.8) is 0 Å². The van der Waals surface area contributed by atoms with Gasteiger partial charge in [0.05, 0.1) is 40.5 Å². The van der Waals surface area contributed by atoms with Gasteiger partial charge in [-0.2, -0.15) is 5.26 Å².